The van der Waals surface area contributed by atoms with Crippen molar-refractivity contribution in [3.05, 3.63) is 50.6 Å². The highest BCUT2D eigenvalue weighted by atomic mass is 16.5. The summed E-state index contributed by atoms with van der Waals surface area (Å²) in [5, 5.41) is 17.7. The van der Waals surface area contributed by atoms with E-state index in [2.05, 4.69) is 16.5 Å². The van der Waals surface area contributed by atoms with Gasteiger partial charge in [-0.25, -0.2) is 9.67 Å². The molecule has 1 saturated carbocycles. The van der Waals surface area contributed by atoms with Crippen LogP contribution in [-0.4, -0.2) is 27.4 Å². The van der Waals surface area contributed by atoms with E-state index in [1.165, 1.54) is 0 Å². The lowest BCUT2D eigenvalue weighted by Crippen LogP contribution is -2.34. The highest BCUT2D eigenvalue weighted by Gasteiger charge is 2.26. The van der Waals surface area contributed by atoms with Gasteiger partial charge in [0.1, 0.15) is 11.9 Å². The van der Waals surface area contributed by atoms with E-state index in [1.54, 1.807) is 10.7 Å². The van der Waals surface area contributed by atoms with E-state index < -0.39 is 0 Å². The normalized spacial score (nSPS) is 23.1. The maximum absolute atomic E-state index is 12.5. The Balaban J connectivity index is 1.28. The Morgan fingerprint density at radius 2 is 1.97 bits per heavy atom. The Bertz CT molecular complexity index is 1030. The summed E-state index contributed by atoms with van der Waals surface area (Å²) in [4.78, 5) is 17.2. The van der Waals surface area contributed by atoms with Gasteiger partial charge in [0, 0.05) is 24.1 Å². The number of pyridine rings is 1. The molecule has 0 atom stereocenters. The van der Waals surface area contributed by atoms with E-state index in [0.717, 1.165) is 73.9 Å². The molecule has 0 unspecified atom stereocenters. The lowest BCUT2D eigenvalue weighted by atomic mass is 9.91. The van der Waals surface area contributed by atoms with Gasteiger partial charge in [-0.2, -0.15) is 10.4 Å². The first kappa shape index (κ1) is 18.3. The molecule has 0 spiro atoms. The van der Waals surface area contributed by atoms with Crippen LogP contribution in [0, 0.1) is 11.3 Å². The molecule has 5 rings (SSSR count). The van der Waals surface area contributed by atoms with Crippen LogP contribution in [0.25, 0.3) is 0 Å². The molecule has 0 aromatic carbocycles. The van der Waals surface area contributed by atoms with E-state index in [-0.39, 0.29) is 17.6 Å². The fraction of sp³-hybridized carbons (Fsp3) is 0.545. The Labute approximate surface area is 169 Å². The van der Waals surface area contributed by atoms with Crippen LogP contribution in [0.2, 0.25) is 0 Å². The fourth-order valence-corrected chi connectivity index (χ4v) is 4.82. The molecule has 2 aliphatic carbocycles. The highest BCUT2D eigenvalue weighted by Crippen LogP contribution is 2.31. The van der Waals surface area contributed by atoms with E-state index in [1.807, 2.05) is 6.07 Å². The van der Waals surface area contributed by atoms with Gasteiger partial charge in [-0.3, -0.25) is 4.79 Å². The molecule has 2 aromatic heterocycles. The van der Waals surface area contributed by atoms with Gasteiger partial charge >= 0.3 is 0 Å². The minimum atomic E-state index is 0.0346. The summed E-state index contributed by atoms with van der Waals surface area (Å²) >= 11 is 0. The van der Waals surface area contributed by atoms with Crippen molar-refractivity contribution in [2.45, 2.75) is 70.1 Å². The summed E-state index contributed by atoms with van der Waals surface area (Å²) in [6, 6.07) is 6.38. The number of aromatic nitrogens is 3. The second-order valence-electron chi connectivity index (χ2n) is 8.31. The van der Waals surface area contributed by atoms with Crippen LogP contribution in [0.3, 0.4) is 0 Å². The summed E-state index contributed by atoms with van der Waals surface area (Å²) in [6.45, 7) is 1.21. The smallest absolute Gasteiger partial charge is 0.267 e. The second-order valence-corrected chi connectivity index (χ2v) is 8.31. The standard InChI is InChI=1S/C22H25N5O2/c23-12-15-10-16-13-29-9-8-19(16)25-22(15)24-17-4-6-18(7-5-17)27-21(28)11-14-2-1-3-20(14)26-27/h10-11,17-18H,1-9,13H2,(H,24,25). The first-order valence-corrected chi connectivity index (χ1v) is 10.6. The van der Waals surface area contributed by atoms with Gasteiger partial charge in [-0.15, -0.1) is 0 Å². The summed E-state index contributed by atoms with van der Waals surface area (Å²) in [5.41, 5.74) is 4.89. The lowest BCUT2D eigenvalue weighted by molar-refractivity contribution is 0.109. The van der Waals surface area contributed by atoms with Crippen LogP contribution in [0.5, 0.6) is 0 Å². The molecule has 7 nitrogen and oxygen atoms in total. The number of aryl methyl sites for hydroxylation is 2. The molecule has 1 N–H and O–H groups in total. The number of anilines is 1. The maximum Gasteiger partial charge on any atom is 0.267 e. The molecule has 29 heavy (non-hydrogen) atoms. The SMILES string of the molecule is N#Cc1cc2c(nc1NC1CCC(n3nc4c(cc3=O)CCC4)CC1)CCOC2. The summed E-state index contributed by atoms with van der Waals surface area (Å²) in [5.74, 6) is 0.685. The lowest BCUT2D eigenvalue weighted by Gasteiger charge is -2.30. The van der Waals surface area contributed by atoms with Crippen molar-refractivity contribution in [1.82, 2.24) is 14.8 Å². The van der Waals surface area contributed by atoms with Crippen LogP contribution in [0.4, 0.5) is 5.82 Å². The number of fused-ring (bicyclic) bond motifs is 2. The van der Waals surface area contributed by atoms with E-state index in [0.29, 0.717) is 24.6 Å². The molecular formula is C22H25N5O2. The zero-order valence-electron chi connectivity index (χ0n) is 16.5. The summed E-state index contributed by atoms with van der Waals surface area (Å²) in [6.07, 6.45) is 7.53. The van der Waals surface area contributed by atoms with Crippen molar-refractivity contribution < 1.29 is 4.74 Å². The minimum Gasteiger partial charge on any atom is -0.376 e. The molecule has 0 bridgehead atoms. The Morgan fingerprint density at radius 3 is 2.79 bits per heavy atom. The third-order valence-corrected chi connectivity index (χ3v) is 6.42. The first-order valence-electron chi connectivity index (χ1n) is 10.6. The number of hydrogen-bond donors (Lipinski definition) is 1. The summed E-state index contributed by atoms with van der Waals surface area (Å²) in [7, 11) is 0. The van der Waals surface area contributed by atoms with Crippen molar-refractivity contribution in [2.24, 2.45) is 0 Å². The average Bonchev–Trinajstić information content (AvgIpc) is 3.20. The molecule has 7 heteroatoms. The molecule has 3 aliphatic rings. The number of nitriles is 1. The van der Waals surface area contributed by atoms with Gasteiger partial charge in [0.2, 0.25) is 0 Å². The van der Waals surface area contributed by atoms with Gasteiger partial charge < -0.3 is 10.1 Å². The first-order chi connectivity index (χ1) is 14.2. The quantitative estimate of drug-likeness (QED) is 0.865. The Kier molecular flexibility index (Phi) is 4.80. The van der Waals surface area contributed by atoms with Crippen LogP contribution in [0.15, 0.2) is 16.9 Å². The van der Waals surface area contributed by atoms with Crippen LogP contribution < -0.4 is 10.9 Å². The molecular weight excluding hydrogens is 366 g/mol. The number of rotatable bonds is 3. The van der Waals surface area contributed by atoms with Crippen LogP contribution in [0.1, 0.15) is 66.2 Å². The van der Waals surface area contributed by atoms with Crippen molar-refractivity contribution >= 4 is 5.82 Å². The monoisotopic (exact) mass is 391 g/mol. The van der Waals surface area contributed by atoms with E-state index in [4.69, 9.17) is 9.72 Å². The fourth-order valence-electron chi connectivity index (χ4n) is 4.82. The topological polar surface area (TPSA) is 92.8 Å². The molecule has 0 saturated heterocycles. The molecule has 150 valence electrons. The predicted molar refractivity (Wildman–Crippen MR) is 108 cm³/mol. The molecule has 3 heterocycles. The molecule has 0 radical (unpaired) electrons. The molecule has 1 aliphatic heterocycles. The van der Waals surface area contributed by atoms with E-state index in [9.17, 15) is 10.1 Å². The van der Waals surface area contributed by atoms with Crippen LogP contribution in [-0.2, 0) is 30.6 Å². The van der Waals surface area contributed by atoms with Crippen molar-refractivity contribution in [1.29, 1.82) is 5.26 Å². The minimum absolute atomic E-state index is 0.0346. The molecule has 1 fully saturated rings. The van der Waals surface area contributed by atoms with Crippen molar-refractivity contribution in [3.63, 3.8) is 0 Å². The zero-order chi connectivity index (χ0) is 19.8. The Hall–Kier alpha value is -2.72. The predicted octanol–water partition coefficient (Wildman–Crippen LogP) is 2.67. The van der Waals surface area contributed by atoms with Gasteiger partial charge in [0.15, 0.2) is 0 Å². The van der Waals surface area contributed by atoms with Crippen molar-refractivity contribution in [3.8, 4) is 6.07 Å². The average molecular weight is 391 g/mol. The van der Waals surface area contributed by atoms with Gasteiger partial charge in [-0.05, 0) is 56.6 Å². The third-order valence-electron chi connectivity index (χ3n) is 6.42. The third kappa shape index (κ3) is 3.53. The van der Waals surface area contributed by atoms with E-state index >= 15 is 0 Å². The number of nitrogens with one attached hydrogen (secondary N) is 1. The number of hydrogen-bond acceptors (Lipinski definition) is 6. The summed E-state index contributed by atoms with van der Waals surface area (Å²) < 4.78 is 7.19. The van der Waals surface area contributed by atoms with Gasteiger partial charge in [-0.1, -0.05) is 0 Å². The number of ether oxygens (including phenoxy) is 1. The maximum atomic E-state index is 12.5. The largest absolute Gasteiger partial charge is 0.376 e. The molecule has 0 amide bonds. The van der Waals surface area contributed by atoms with Crippen molar-refractivity contribution in [2.75, 3.05) is 11.9 Å². The van der Waals surface area contributed by atoms with Crippen LogP contribution >= 0.6 is 0 Å². The highest BCUT2D eigenvalue weighted by molar-refractivity contribution is 5.55. The number of nitrogens with zero attached hydrogens (tertiary/aromatic N) is 4. The second kappa shape index (κ2) is 7.60. The van der Waals surface area contributed by atoms with Gasteiger partial charge in [0.25, 0.3) is 5.56 Å². The Morgan fingerprint density at radius 1 is 1.10 bits per heavy atom. The van der Waals surface area contributed by atoms with Gasteiger partial charge in [0.05, 0.1) is 36.2 Å². The molecule has 2 aromatic rings. The zero-order valence-corrected chi connectivity index (χ0v) is 16.5.